The zero-order chi connectivity index (χ0) is 20.0. The normalized spacial score (nSPS) is 17.6. The summed E-state index contributed by atoms with van der Waals surface area (Å²) in [5.41, 5.74) is 2.66. The quantitative estimate of drug-likeness (QED) is 0.196. The van der Waals surface area contributed by atoms with E-state index in [2.05, 4.69) is 53.6 Å². The van der Waals surface area contributed by atoms with E-state index in [-0.39, 0.29) is 24.0 Å². The van der Waals surface area contributed by atoms with E-state index < -0.39 is 0 Å². The lowest BCUT2D eigenvalue weighted by Gasteiger charge is -2.33. The third-order valence-electron chi connectivity index (χ3n) is 5.33. The first-order valence-corrected chi connectivity index (χ1v) is 11.1. The number of benzene rings is 1. The lowest BCUT2D eigenvalue weighted by atomic mass is 10.0. The summed E-state index contributed by atoms with van der Waals surface area (Å²) in [7, 11) is 0. The molecule has 0 radical (unpaired) electrons. The van der Waals surface area contributed by atoms with Gasteiger partial charge in [0.15, 0.2) is 5.96 Å². The highest BCUT2D eigenvalue weighted by atomic mass is 127. The fourth-order valence-corrected chi connectivity index (χ4v) is 3.57. The second-order valence-corrected chi connectivity index (χ2v) is 7.66. The summed E-state index contributed by atoms with van der Waals surface area (Å²) in [5, 5.41) is 6.74. The summed E-state index contributed by atoms with van der Waals surface area (Å²) in [4.78, 5) is 7.33. The maximum absolute atomic E-state index is 5.38. The molecule has 0 aliphatic carbocycles. The van der Waals surface area contributed by atoms with Crippen molar-refractivity contribution in [3.63, 3.8) is 0 Å². The van der Waals surface area contributed by atoms with Crippen LogP contribution in [0.1, 0.15) is 64.0 Å². The molecule has 0 amide bonds. The SMILES string of the molecule is CCNC(=NCc1ccc(CN2CCCCC2C)cc1)NCCCCOCC.I. The Hall–Kier alpha value is -0.860. The monoisotopic (exact) mass is 516 g/mol. The number of unbranched alkanes of at least 4 members (excludes halogenated alkanes) is 1. The third-order valence-corrected chi connectivity index (χ3v) is 5.33. The van der Waals surface area contributed by atoms with Crippen molar-refractivity contribution in [2.24, 2.45) is 4.99 Å². The van der Waals surface area contributed by atoms with Crippen LogP contribution in [0, 0.1) is 0 Å². The van der Waals surface area contributed by atoms with Gasteiger partial charge in [-0.05, 0) is 64.1 Å². The maximum Gasteiger partial charge on any atom is 0.191 e. The molecule has 5 nitrogen and oxygen atoms in total. The van der Waals surface area contributed by atoms with Crippen LogP contribution in [0.15, 0.2) is 29.3 Å². The van der Waals surface area contributed by atoms with Crippen LogP contribution < -0.4 is 10.6 Å². The van der Waals surface area contributed by atoms with Gasteiger partial charge in [-0.25, -0.2) is 4.99 Å². The van der Waals surface area contributed by atoms with E-state index in [1.54, 1.807) is 0 Å². The van der Waals surface area contributed by atoms with Crippen LogP contribution in [-0.2, 0) is 17.8 Å². The van der Waals surface area contributed by atoms with E-state index in [4.69, 9.17) is 9.73 Å². The van der Waals surface area contributed by atoms with Gasteiger partial charge in [-0.1, -0.05) is 30.7 Å². The highest BCUT2D eigenvalue weighted by Gasteiger charge is 2.17. The smallest absolute Gasteiger partial charge is 0.191 e. The molecular formula is C23H41IN4O. The van der Waals surface area contributed by atoms with Gasteiger partial charge in [-0.15, -0.1) is 24.0 Å². The summed E-state index contributed by atoms with van der Waals surface area (Å²) >= 11 is 0. The number of nitrogens with zero attached hydrogens (tertiary/aromatic N) is 2. The molecule has 1 fully saturated rings. The number of nitrogens with one attached hydrogen (secondary N) is 2. The van der Waals surface area contributed by atoms with E-state index in [0.29, 0.717) is 12.6 Å². The van der Waals surface area contributed by atoms with Gasteiger partial charge in [-0.3, -0.25) is 4.90 Å². The number of hydrogen-bond donors (Lipinski definition) is 2. The van der Waals surface area contributed by atoms with Gasteiger partial charge in [0, 0.05) is 38.9 Å². The largest absolute Gasteiger partial charge is 0.382 e. The summed E-state index contributed by atoms with van der Waals surface area (Å²) in [6.45, 7) is 12.9. The first kappa shape index (κ1) is 26.2. The molecule has 1 aliphatic heterocycles. The molecule has 2 N–H and O–H groups in total. The molecule has 1 aromatic carbocycles. The number of hydrogen-bond acceptors (Lipinski definition) is 3. The van der Waals surface area contributed by atoms with Crippen LogP contribution in [0.3, 0.4) is 0 Å². The molecule has 0 aromatic heterocycles. The van der Waals surface area contributed by atoms with Crippen LogP contribution in [0.4, 0.5) is 0 Å². The summed E-state index contributed by atoms with van der Waals surface area (Å²) in [5.74, 6) is 0.894. The molecule has 1 aliphatic rings. The van der Waals surface area contributed by atoms with Gasteiger partial charge in [0.25, 0.3) is 0 Å². The Balaban J connectivity index is 0.00000420. The average molecular weight is 517 g/mol. The molecule has 1 atom stereocenters. The molecular weight excluding hydrogens is 475 g/mol. The van der Waals surface area contributed by atoms with Crippen LogP contribution in [0.25, 0.3) is 0 Å². The molecule has 6 heteroatoms. The Kier molecular flexibility index (Phi) is 14.4. The van der Waals surface area contributed by atoms with Crippen molar-refractivity contribution < 1.29 is 4.74 Å². The Morgan fingerprint density at radius 3 is 2.55 bits per heavy atom. The lowest BCUT2D eigenvalue weighted by Crippen LogP contribution is -2.37. The first-order valence-electron chi connectivity index (χ1n) is 11.1. The van der Waals surface area contributed by atoms with Crippen LogP contribution in [0.2, 0.25) is 0 Å². The molecule has 166 valence electrons. The Morgan fingerprint density at radius 1 is 1.10 bits per heavy atom. The summed E-state index contributed by atoms with van der Waals surface area (Å²) in [6, 6.07) is 9.68. The standard InChI is InChI=1S/C23H40N4O.HI/c1-4-24-23(25-15-7-9-17-28-5-2)26-18-21-11-13-22(14-12-21)19-27-16-8-6-10-20(27)3;/h11-14,20H,4-10,15-19H2,1-3H3,(H2,24,25,26);1H. The molecule has 2 rings (SSSR count). The van der Waals surface area contributed by atoms with E-state index in [1.807, 2.05) is 6.92 Å². The predicted molar refractivity (Wildman–Crippen MR) is 134 cm³/mol. The molecule has 1 heterocycles. The Morgan fingerprint density at radius 2 is 1.86 bits per heavy atom. The lowest BCUT2D eigenvalue weighted by molar-refractivity contribution is 0.143. The molecule has 1 unspecified atom stereocenters. The maximum atomic E-state index is 5.38. The zero-order valence-electron chi connectivity index (χ0n) is 18.6. The van der Waals surface area contributed by atoms with Crippen molar-refractivity contribution in [2.75, 3.05) is 32.8 Å². The molecule has 0 bridgehead atoms. The summed E-state index contributed by atoms with van der Waals surface area (Å²) < 4.78 is 5.38. The van der Waals surface area contributed by atoms with Crippen molar-refractivity contribution in [1.29, 1.82) is 0 Å². The second kappa shape index (κ2) is 15.9. The van der Waals surface area contributed by atoms with Crippen molar-refractivity contribution in [1.82, 2.24) is 15.5 Å². The molecule has 0 saturated carbocycles. The van der Waals surface area contributed by atoms with Crippen molar-refractivity contribution in [3.05, 3.63) is 35.4 Å². The number of aliphatic imine (C=N–C) groups is 1. The van der Waals surface area contributed by atoms with Crippen LogP contribution in [-0.4, -0.2) is 49.7 Å². The van der Waals surface area contributed by atoms with Gasteiger partial charge in [0.1, 0.15) is 0 Å². The minimum atomic E-state index is 0. The van der Waals surface area contributed by atoms with E-state index in [1.165, 1.54) is 36.9 Å². The number of ether oxygens (including phenoxy) is 1. The Bertz CT molecular complexity index is 565. The van der Waals surface area contributed by atoms with Crippen LogP contribution in [0.5, 0.6) is 0 Å². The fraction of sp³-hybridized carbons (Fsp3) is 0.696. The van der Waals surface area contributed by atoms with Crippen LogP contribution >= 0.6 is 24.0 Å². The van der Waals surface area contributed by atoms with E-state index in [9.17, 15) is 0 Å². The van der Waals surface area contributed by atoms with Crippen molar-refractivity contribution >= 4 is 29.9 Å². The number of likely N-dealkylation sites (tertiary alicyclic amines) is 1. The number of guanidine groups is 1. The summed E-state index contributed by atoms with van der Waals surface area (Å²) in [6.07, 6.45) is 6.22. The first-order chi connectivity index (χ1) is 13.7. The van der Waals surface area contributed by atoms with Gasteiger partial charge < -0.3 is 15.4 Å². The average Bonchev–Trinajstić information content (AvgIpc) is 2.71. The van der Waals surface area contributed by atoms with Gasteiger partial charge >= 0.3 is 0 Å². The second-order valence-electron chi connectivity index (χ2n) is 7.66. The topological polar surface area (TPSA) is 48.9 Å². The van der Waals surface area contributed by atoms with Gasteiger partial charge in [0.2, 0.25) is 0 Å². The molecule has 1 saturated heterocycles. The van der Waals surface area contributed by atoms with Crippen molar-refractivity contribution in [2.45, 2.75) is 72.0 Å². The Labute approximate surface area is 195 Å². The van der Waals surface area contributed by atoms with E-state index in [0.717, 1.165) is 51.6 Å². The third kappa shape index (κ3) is 10.6. The molecule has 0 spiro atoms. The predicted octanol–water partition coefficient (Wildman–Crippen LogP) is 4.55. The minimum Gasteiger partial charge on any atom is -0.382 e. The van der Waals surface area contributed by atoms with Gasteiger partial charge in [0.05, 0.1) is 6.54 Å². The highest BCUT2D eigenvalue weighted by molar-refractivity contribution is 14.0. The van der Waals surface area contributed by atoms with Gasteiger partial charge in [-0.2, -0.15) is 0 Å². The number of halogens is 1. The zero-order valence-corrected chi connectivity index (χ0v) is 20.9. The minimum absolute atomic E-state index is 0. The number of rotatable bonds is 11. The molecule has 29 heavy (non-hydrogen) atoms. The fourth-order valence-electron chi connectivity index (χ4n) is 3.57. The van der Waals surface area contributed by atoms with E-state index >= 15 is 0 Å². The van der Waals surface area contributed by atoms with Crippen molar-refractivity contribution in [3.8, 4) is 0 Å². The number of piperidine rings is 1. The molecule has 1 aromatic rings. The highest BCUT2D eigenvalue weighted by Crippen LogP contribution is 2.19.